The lowest BCUT2D eigenvalue weighted by Gasteiger charge is -2.10. The second kappa shape index (κ2) is 7.59. The van der Waals surface area contributed by atoms with Gasteiger partial charge in [0, 0.05) is 6.07 Å². The molecule has 0 atom stereocenters. The zero-order valence-corrected chi connectivity index (χ0v) is 12.2. The van der Waals surface area contributed by atoms with Gasteiger partial charge in [-0.2, -0.15) is 0 Å². The number of carbonyl (C=O) groups excluding carboxylic acids is 1. The van der Waals surface area contributed by atoms with E-state index in [1.807, 2.05) is 0 Å². The van der Waals surface area contributed by atoms with Gasteiger partial charge < -0.3 is 14.2 Å². The first kappa shape index (κ1) is 16.1. The van der Waals surface area contributed by atoms with E-state index in [-0.39, 0.29) is 23.2 Å². The highest BCUT2D eigenvalue weighted by atomic mass is 32.2. The van der Waals surface area contributed by atoms with Crippen molar-refractivity contribution in [2.45, 2.75) is 11.8 Å². The van der Waals surface area contributed by atoms with Gasteiger partial charge in [0.05, 0.1) is 42.5 Å². The highest BCUT2D eigenvalue weighted by molar-refractivity contribution is 8.00. The van der Waals surface area contributed by atoms with Crippen LogP contribution in [0.4, 0.5) is 5.69 Å². The van der Waals surface area contributed by atoms with Gasteiger partial charge in [0.1, 0.15) is 5.75 Å². The van der Waals surface area contributed by atoms with Crippen molar-refractivity contribution in [1.29, 1.82) is 0 Å². The van der Waals surface area contributed by atoms with Crippen LogP contribution in [-0.2, 0) is 9.53 Å². The maximum atomic E-state index is 11.3. The van der Waals surface area contributed by atoms with Crippen molar-refractivity contribution in [3.8, 4) is 11.5 Å². The molecule has 0 fully saturated rings. The summed E-state index contributed by atoms with van der Waals surface area (Å²) in [7, 11) is 2.74. The quantitative estimate of drug-likeness (QED) is 0.330. The molecule has 0 aliphatic carbocycles. The van der Waals surface area contributed by atoms with E-state index in [0.29, 0.717) is 17.3 Å². The molecule has 1 aromatic carbocycles. The summed E-state index contributed by atoms with van der Waals surface area (Å²) in [5, 5.41) is 10.9. The number of carbonyl (C=O) groups is 1. The van der Waals surface area contributed by atoms with Crippen LogP contribution in [0.2, 0.25) is 0 Å². The van der Waals surface area contributed by atoms with E-state index in [4.69, 9.17) is 14.2 Å². The summed E-state index contributed by atoms with van der Waals surface area (Å²) in [6, 6.07) is 2.74. The number of rotatable bonds is 7. The molecule has 7 nitrogen and oxygen atoms in total. The van der Waals surface area contributed by atoms with Crippen LogP contribution in [0.3, 0.4) is 0 Å². The molecule has 8 heteroatoms. The molecule has 20 heavy (non-hydrogen) atoms. The van der Waals surface area contributed by atoms with Crippen molar-refractivity contribution >= 4 is 23.4 Å². The molecular formula is C12H15NO6S. The predicted molar refractivity (Wildman–Crippen MR) is 73.6 cm³/mol. The fourth-order valence-corrected chi connectivity index (χ4v) is 2.28. The number of methoxy groups -OCH3 is 2. The lowest BCUT2D eigenvalue weighted by Crippen LogP contribution is -2.06. The predicted octanol–water partition coefficient (Wildman–Crippen LogP) is 2.27. The van der Waals surface area contributed by atoms with Crippen LogP contribution in [0.5, 0.6) is 11.5 Å². The van der Waals surface area contributed by atoms with Gasteiger partial charge >= 0.3 is 11.7 Å². The number of esters is 1. The number of benzene rings is 1. The fourth-order valence-electron chi connectivity index (χ4n) is 1.45. The third-order valence-electron chi connectivity index (χ3n) is 2.31. The van der Waals surface area contributed by atoms with E-state index in [1.54, 1.807) is 6.92 Å². The third-order valence-corrected chi connectivity index (χ3v) is 3.32. The normalized spacial score (nSPS) is 9.95. The molecule has 110 valence electrons. The number of thioether (sulfide) groups is 1. The van der Waals surface area contributed by atoms with E-state index in [2.05, 4.69) is 0 Å². The number of nitrogens with zero attached hydrogens (tertiary/aromatic N) is 1. The summed E-state index contributed by atoms with van der Waals surface area (Å²) in [5.74, 6) is 0.149. The van der Waals surface area contributed by atoms with Gasteiger partial charge in [0.15, 0.2) is 5.75 Å². The van der Waals surface area contributed by atoms with Crippen LogP contribution in [0, 0.1) is 10.1 Å². The Hall–Kier alpha value is -1.96. The zero-order valence-electron chi connectivity index (χ0n) is 11.4. The van der Waals surface area contributed by atoms with Gasteiger partial charge in [-0.05, 0) is 6.92 Å². The lowest BCUT2D eigenvalue weighted by atomic mass is 10.3. The van der Waals surface area contributed by atoms with Gasteiger partial charge in [0.25, 0.3) is 0 Å². The average Bonchev–Trinajstić information content (AvgIpc) is 2.44. The van der Waals surface area contributed by atoms with E-state index in [9.17, 15) is 14.9 Å². The Bertz CT molecular complexity index is 505. The van der Waals surface area contributed by atoms with E-state index < -0.39 is 4.92 Å². The van der Waals surface area contributed by atoms with Crippen LogP contribution >= 0.6 is 11.8 Å². The molecule has 0 aliphatic rings. The fraction of sp³-hybridized carbons (Fsp3) is 0.417. The zero-order chi connectivity index (χ0) is 15.1. The largest absolute Gasteiger partial charge is 0.495 e. The Labute approximate surface area is 120 Å². The minimum atomic E-state index is -0.554. The molecule has 0 amide bonds. The summed E-state index contributed by atoms with van der Waals surface area (Å²) < 4.78 is 14.9. The standard InChI is InChI=1S/C12H15NO6S/c1-4-19-12(14)7-20-11-6-9(17-2)8(13(15)16)5-10(11)18-3/h5-6H,4,7H2,1-3H3. The Morgan fingerprint density at radius 2 is 1.95 bits per heavy atom. The van der Waals surface area contributed by atoms with Crippen molar-refractivity contribution in [2.75, 3.05) is 26.6 Å². The molecule has 0 bridgehead atoms. The van der Waals surface area contributed by atoms with Crippen LogP contribution in [0.25, 0.3) is 0 Å². The monoisotopic (exact) mass is 301 g/mol. The molecule has 1 aromatic rings. The van der Waals surface area contributed by atoms with E-state index >= 15 is 0 Å². The minimum Gasteiger partial charge on any atom is -0.495 e. The first-order chi connectivity index (χ1) is 9.53. The molecule has 0 spiro atoms. The summed E-state index contributed by atoms with van der Waals surface area (Å²) in [4.78, 5) is 22.2. The Morgan fingerprint density at radius 1 is 1.30 bits per heavy atom. The van der Waals surface area contributed by atoms with Gasteiger partial charge in [0.2, 0.25) is 0 Å². The van der Waals surface area contributed by atoms with Crippen molar-refractivity contribution in [3.05, 3.63) is 22.2 Å². The second-order valence-electron chi connectivity index (χ2n) is 3.53. The van der Waals surface area contributed by atoms with Crippen molar-refractivity contribution in [3.63, 3.8) is 0 Å². The highest BCUT2D eigenvalue weighted by Gasteiger charge is 2.20. The van der Waals surface area contributed by atoms with E-state index in [0.717, 1.165) is 0 Å². The lowest BCUT2D eigenvalue weighted by molar-refractivity contribution is -0.385. The van der Waals surface area contributed by atoms with Gasteiger partial charge in [-0.1, -0.05) is 0 Å². The molecule has 0 aliphatic heterocycles. The maximum Gasteiger partial charge on any atom is 0.316 e. The maximum absolute atomic E-state index is 11.3. The first-order valence-corrected chi connectivity index (χ1v) is 6.70. The number of nitro groups is 1. The number of ether oxygens (including phenoxy) is 3. The highest BCUT2D eigenvalue weighted by Crippen LogP contribution is 2.39. The summed E-state index contributed by atoms with van der Waals surface area (Å²) in [6.45, 7) is 2.03. The SMILES string of the molecule is CCOC(=O)CSc1cc(OC)c([N+](=O)[O-])cc1OC. The molecule has 0 N–H and O–H groups in total. The average molecular weight is 301 g/mol. The van der Waals surface area contributed by atoms with Crippen molar-refractivity contribution < 1.29 is 23.9 Å². The topological polar surface area (TPSA) is 87.9 Å². The number of hydrogen-bond acceptors (Lipinski definition) is 7. The summed E-state index contributed by atoms with van der Waals surface area (Å²) in [6.07, 6.45) is 0. The molecule has 0 saturated heterocycles. The van der Waals surface area contributed by atoms with Crippen LogP contribution in [-0.4, -0.2) is 37.5 Å². The molecule has 0 saturated carbocycles. The summed E-state index contributed by atoms with van der Waals surface area (Å²) in [5.41, 5.74) is -0.190. The van der Waals surface area contributed by atoms with Crippen molar-refractivity contribution in [1.82, 2.24) is 0 Å². The molecule has 0 heterocycles. The Kier molecular flexibility index (Phi) is 6.10. The molecule has 1 rings (SSSR count). The Morgan fingerprint density at radius 3 is 2.45 bits per heavy atom. The van der Waals surface area contributed by atoms with E-state index in [1.165, 1.54) is 38.1 Å². The van der Waals surface area contributed by atoms with Crippen LogP contribution < -0.4 is 9.47 Å². The molecule has 0 aromatic heterocycles. The van der Waals surface area contributed by atoms with Gasteiger partial charge in [-0.3, -0.25) is 14.9 Å². The first-order valence-electron chi connectivity index (χ1n) is 5.72. The Balaban J connectivity index is 3.00. The smallest absolute Gasteiger partial charge is 0.316 e. The molecule has 0 unspecified atom stereocenters. The second-order valence-corrected chi connectivity index (χ2v) is 4.54. The molecule has 0 radical (unpaired) electrons. The third kappa shape index (κ3) is 4.02. The van der Waals surface area contributed by atoms with Gasteiger partial charge in [-0.25, -0.2) is 0 Å². The summed E-state index contributed by atoms with van der Waals surface area (Å²) >= 11 is 1.17. The van der Waals surface area contributed by atoms with Crippen LogP contribution in [0.15, 0.2) is 17.0 Å². The van der Waals surface area contributed by atoms with Crippen molar-refractivity contribution in [2.24, 2.45) is 0 Å². The minimum absolute atomic E-state index is 0.0885. The molecular weight excluding hydrogens is 286 g/mol. The number of nitro benzene ring substituents is 1. The van der Waals surface area contributed by atoms with Crippen LogP contribution in [0.1, 0.15) is 6.92 Å². The number of hydrogen-bond donors (Lipinski definition) is 0. The van der Waals surface area contributed by atoms with Gasteiger partial charge in [-0.15, -0.1) is 11.8 Å².